The van der Waals surface area contributed by atoms with E-state index in [1.807, 2.05) is 6.07 Å². The molecular formula is C20H19NO5. The Morgan fingerprint density at radius 3 is 2.31 bits per heavy atom. The second kappa shape index (κ2) is 8.29. The van der Waals surface area contributed by atoms with Crippen LogP contribution in [-0.2, 0) is 9.53 Å². The van der Waals surface area contributed by atoms with Gasteiger partial charge in [0.15, 0.2) is 12.4 Å². The molecule has 0 radical (unpaired) electrons. The Hall–Kier alpha value is -3.15. The minimum absolute atomic E-state index is 0.282. The molecule has 0 N–H and O–H groups in total. The van der Waals surface area contributed by atoms with Crippen LogP contribution in [0.25, 0.3) is 0 Å². The van der Waals surface area contributed by atoms with E-state index >= 15 is 0 Å². The van der Waals surface area contributed by atoms with E-state index in [1.54, 1.807) is 54.6 Å². The summed E-state index contributed by atoms with van der Waals surface area (Å²) in [5.41, 5.74) is 0.479. The summed E-state index contributed by atoms with van der Waals surface area (Å²) in [6.45, 7) is 0.0684. The Bertz CT molecular complexity index is 775. The van der Waals surface area contributed by atoms with Gasteiger partial charge in [-0.3, -0.25) is 9.69 Å². The normalized spacial score (nSPS) is 16.2. The number of Topliss-reactive ketones (excluding diaryl/α,β-unsaturated/α-hetero) is 1. The minimum Gasteiger partial charge on any atom is -0.456 e. The zero-order chi connectivity index (χ0) is 18.4. The maximum atomic E-state index is 12.3. The van der Waals surface area contributed by atoms with Gasteiger partial charge in [0, 0.05) is 12.1 Å². The lowest BCUT2D eigenvalue weighted by Gasteiger charge is -2.22. The van der Waals surface area contributed by atoms with Crippen LogP contribution in [0.1, 0.15) is 23.2 Å². The van der Waals surface area contributed by atoms with Gasteiger partial charge in [-0.05, 0) is 25.0 Å². The van der Waals surface area contributed by atoms with Crippen LogP contribution in [0.2, 0.25) is 0 Å². The van der Waals surface area contributed by atoms with Gasteiger partial charge in [-0.2, -0.15) is 0 Å². The average molecular weight is 353 g/mol. The van der Waals surface area contributed by atoms with Gasteiger partial charge in [0.25, 0.3) is 0 Å². The zero-order valence-electron chi connectivity index (χ0n) is 14.2. The summed E-state index contributed by atoms with van der Waals surface area (Å²) in [6.07, 6.45) is 0.573. The van der Waals surface area contributed by atoms with Gasteiger partial charge >= 0.3 is 12.1 Å². The van der Waals surface area contributed by atoms with E-state index < -0.39 is 18.1 Å². The Morgan fingerprint density at radius 2 is 1.62 bits per heavy atom. The van der Waals surface area contributed by atoms with Gasteiger partial charge in [0.1, 0.15) is 11.8 Å². The topological polar surface area (TPSA) is 72.9 Å². The van der Waals surface area contributed by atoms with Gasteiger partial charge in [-0.15, -0.1) is 0 Å². The number of ketones is 1. The summed E-state index contributed by atoms with van der Waals surface area (Å²) < 4.78 is 10.4. The maximum absolute atomic E-state index is 12.3. The third kappa shape index (κ3) is 4.27. The van der Waals surface area contributed by atoms with Crippen molar-refractivity contribution in [1.29, 1.82) is 0 Å². The number of hydrogen-bond donors (Lipinski definition) is 0. The number of ether oxygens (including phenoxy) is 2. The van der Waals surface area contributed by atoms with Gasteiger partial charge in [-0.25, -0.2) is 9.59 Å². The highest BCUT2D eigenvalue weighted by molar-refractivity contribution is 5.98. The molecule has 1 atom stereocenters. The third-order valence-electron chi connectivity index (χ3n) is 4.15. The molecule has 1 heterocycles. The molecule has 1 amide bonds. The van der Waals surface area contributed by atoms with Crippen LogP contribution in [0.15, 0.2) is 60.7 Å². The summed E-state index contributed by atoms with van der Waals surface area (Å²) >= 11 is 0. The van der Waals surface area contributed by atoms with E-state index in [1.165, 1.54) is 4.90 Å². The quantitative estimate of drug-likeness (QED) is 0.610. The Morgan fingerprint density at radius 1 is 0.962 bits per heavy atom. The minimum atomic E-state index is -0.727. The molecule has 0 saturated carbocycles. The molecule has 0 spiro atoms. The van der Waals surface area contributed by atoms with E-state index in [0.717, 1.165) is 0 Å². The Balaban J connectivity index is 1.56. The SMILES string of the molecule is O=C(COC(=O)C1CCCN1C(=O)Oc1ccccc1)c1ccccc1. The molecule has 0 aromatic heterocycles. The van der Waals surface area contributed by atoms with Gasteiger partial charge in [-0.1, -0.05) is 48.5 Å². The molecule has 3 rings (SSSR count). The summed E-state index contributed by atoms with van der Waals surface area (Å²) in [5, 5.41) is 0. The van der Waals surface area contributed by atoms with Crippen LogP contribution in [0, 0.1) is 0 Å². The molecular weight excluding hydrogens is 334 g/mol. The number of hydrogen-bond acceptors (Lipinski definition) is 5. The van der Waals surface area contributed by atoms with Crippen molar-refractivity contribution in [3.63, 3.8) is 0 Å². The first-order chi connectivity index (χ1) is 12.6. The van der Waals surface area contributed by atoms with Gasteiger partial charge in [0.2, 0.25) is 0 Å². The van der Waals surface area contributed by atoms with Crippen molar-refractivity contribution in [2.45, 2.75) is 18.9 Å². The fourth-order valence-electron chi connectivity index (χ4n) is 2.82. The number of esters is 1. The summed E-state index contributed by atoms with van der Waals surface area (Å²) in [4.78, 5) is 38.0. The van der Waals surface area contributed by atoms with Crippen LogP contribution >= 0.6 is 0 Å². The van der Waals surface area contributed by atoms with Crippen molar-refractivity contribution in [3.8, 4) is 5.75 Å². The fourth-order valence-corrected chi connectivity index (χ4v) is 2.82. The molecule has 6 nitrogen and oxygen atoms in total. The molecule has 0 bridgehead atoms. The van der Waals surface area contributed by atoms with Crippen LogP contribution in [-0.4, -0.2) is 41.9 Å². The van der Waals surface area contributed by atoms with Crippen molar-refractivity contribution >= 4 is 17.8 Å². The van der Waals surface area contributed by atoms with Crippen molar-refractivity contribution < 1.29 is 23.9 Å². The van der Waals surface area contributed by atoms with Crippen molar-refractivity contribution in [2.75, 3.05) is 13.2 Å². The number of carbonyl (C=O) groups excluding carboxylic acids is 3. The molecule has 1 saturated heterocycles. The summed E-state index contributed by atoms with van der Waals surface area (Å²) in [6, 6.07) is 16.6. The molecule has 134 valence electrons. The number of benzene rings is 2. The van der Waals surface area contributed by atoms with E-state index in [4.69, 9.17) is 9.47 Å². The largest absolute Gasteiger partial charge is 0.456 e. The molecule has 1 unspecified atom stereocenters. The van der Waals surface area contributed by atoms with Crippen LogP contribution in [0.3, 0.4) is 0 Å². The molecule has 0 aliphatic carbocycles. The van der Waals surface area contributed by atoms with Gasteiger partial charge < -0.3 is 9.47 Å². The van der Waals surface area contributed by atoms with E-state index in [9.17, 15) is 14.4 Å². The first-order valence-electron chi connectivity index (χ1n) is 8.43. The predicted octanol–water partition coefficient (Wildman–Crippen LogP) is 3.08. The van der Waals surface area contributed by atoms with E-state index in [2.05, 4.69) is 0 Å². The Labute approximate surface area is 151 Å². The van der Waals surface area contributed by atoms with Crippen LogP contribution < -0.4 is 4.74 Å². The number of rotatable bonds is 5. The number of likely N-dealkylation sites (tertiary alicyclic amines) is 1. The summed E-state index contributed by atoms with van der Waals surface area (Å²) in [5.74, 6) is -0.456. The highest BCUT2D eigenvalue weighted by Gasteiger charge is 2.36. The second-order valence-corrected chi connectivity index (χ2v) is 5.93. The first-order valence-corrected chi connectivity index (χ1v) is 8.43. The standard InChI is InChI=1S/C20H19NO5/c22-18(15-8-3-1-4-9-15)14-25-19(23)17-12-7-13-21(17)20(24)26-16-10-5-2-6-11-16/h1-6,8-11,17H,7,12-14H2. The van der Waals surface area contributed by atoms with Crippen molar-refractivity contribution in [2.24, 2.45) is 0 Å². The van der Waals surface area contributed by atoms with Crippen LogP contribution in [0.4, 0.5) is 4.79 Å². The second-order valence-electron chi connectivity index (χ2n) is 5.93. The average Bonchev–Trinajstić information content (AvgIpc) is 3.17. The van der Waals surface area contributed by atoms with Crippen LogP contribution in [0.5, 0.6) is 5.75 Å². The molecule has 2 aromatic carbocycles. The number of nitrogens with zero attached hydrogens (tertiary/aromatic N) is 1. The Kier molecular flexibility index (Phi) is 5.63. The van der Waals surface area contributed by atoms with Crippen molar-refractivity contribution in [3.05, 3.63) is 66.2 Å². The fraction of sp³-hybridized carbons (Fsp3) is 0.250. The highest BCUT2D eigenvalue weighted by Crippen LogP contribution is 2.21. The van der Waals surface area contributed by atoms with Gasteiger partial charge in [0.05, 0.1) is 0 Å². The monoisotopic (exact) mass is 353 g/mol. The smallest absolute Gasteiger partial charge is 0.415 e. The summed E-state index contributed by atoms with van der Waals surface area (Å²) in [7, 11) is 0. The van der Waals surface area contributed by atoms with E-state index in [-0.39, 0.29) is 12.4 Å². The predicted molar refractivity (Wildman–Crippen MR) is 93.9 cm³/mol. The molecule has 1 fully saturated rings. The lowest BCUT2D eigenvalue weighted by Crippen LogP contribution is -2.43. The van der Waals surface area contributed by atoms with Crippen molar-refractivity contribution in [1.82, 2.24) is 4.90 Å². The molecule has 26 heavy (non-hydrogen) atoms. The molecule has 1 aliphatic rings. The number of carbonyl (C=O) groups is 3. The number of amides is 1. The molecule has 6 heteroatoms. The zero-order valence-corrected chi connectivity index (χ0v) is 14.2. The van der Waals surface area contributed by atoms with E-state index in [0.29, 0.717) is 30.7 Å². The third-order valence-corrected chi connectivity index (χ3v) is 4.15. The first kappa shape index (κ1) is 17.7. The molecule has 1 aliphatic heterocycles. The molecule has 2 aromatic rings. The number of para-hydroxylation sites is 1. The lowest BCUT2D eigenvalue weighted by molar-refractivity contribution is -0.147. The highest BCUT2D eigenvalue weighted by atomic mass is 16.6. The maximum Gasteiger partial charge on any atom is 0.415 e. The lowest BCUT2D eigenvalue weighted by atomic mass is 10.1.